The van der Waals surface area contributed by atoms with Crippen LogP contribution in [0, 0.1) is 6.92 Å². The molecule has 1 atom stereocenters. The van der Waals surface area contributed by atoms with Crippen molar-refractivity contribution >= 4 is 11.8 Å². The number of hydrogen-bond acceptors (Lipinski definition) is 4. The lowest BCUT2D eigenvalue weighted by Crippen LogP contribution is -2.32. The lowest BCUT2D eigenvalue weighted by atomic mass is 10.1. The molecule has 1 unspecified atom stereocenters. The summed E-state index contributed by atoms with van der Waals surface area (Å²) in [5.74, 6) is 1.55. The Morgan fingerprint density at radius 2 is 2.35 bits per heavy atom. The summed E-state index contributed by atoms with van der Waals surface area (Å²) in [6.07, 6.45) is 2.59. The summed E-state index contributed by atoms with van der Waals surface area (Å²) in [4.78, 5) is 4.34. The Morgan fingerprint density at radius 3 is 3.06 bits per heavy atom. The van der Waals surface area contributed by atoms with E-state index in [0.29, 0.717) is 11.3 Å². The highest BCUT2D eigenvalue weighted by molar-refractivity contribution is 8.00. The molecule has 1 aliphatic rings. The predicted molar refractivity (Wildman–Crippen MR) is 72.4 cm³/mol. The zero-order chi connectivity index (χ0) is 12.3. The van der Waals surface area contributed by atoms with Crippen LogP contribution in [0.1, 0.15) is 31.2 Å². The Morgan fingerprint density at radius 1 is 1.53 bits per heavy atom. The van der Waals surface area contributed by atoms with Gasteiger partial charge in [-0.3, -0.25) is 4.98 Å². The van der Waals surface area contributed by atoms with E-state index < -0.39 is 0 Å². The van der Waals surface area contributed by atoms with Gasteiger partial charge in [-0.2, -0.15) is 11.8 Å². The predicted octanol–water partition coefficient (Wildman–Crippen LogP) is 2.47. The quantitative estimate of drug-likeness (QED) is 0.864. The summed E-state index contributed by atoms with van der Waals surface area (Å²) >= 11 is 2.04. The molecule has 1 fully saturated rings. The van der Waals surface area contributed by atoms with E-state index in [0.717, 1.165) is 17.9 Å². The average Bonchev–Trinajstić information content (AvgIpc) is 2.71. The van der Waals surface area contributed by atoms with Crippen LogP contribution in [0.2, 0.25) is 0 Å². The number of hydrogen-bond donors (Lipinski definition) is 2. The molecule has 0 amide bonds. The molecule has 2 N–H and O–H groups in total. The number of rotatable bonds is 4. The summed E-state index contributed by atoms with van der Waals surface area (Å²) in [7, 11) is 0. The van der Waals surface area contributed by atoms with Crippen LogP contribution in [0.4, 0.5) is 0 Å². The normalized spacial score (nSPS) is 24.1. The smallest absolute Gasteiger partial charge is 0.138 e. The van der Waals surface area contributed by atoms with Crippen molar-refractivity contribution in [3.8, 4) is 5.75 Å². The largest absolute Gasteiger partial charge is 0.506 e. The van der Waals surface area contributed by atoms with Crippen LogP contribution in [0.25, 0.3) is 0 Å². The molecule has 1 aromatic rings. The van der Waals surface area contributed by atoms with Crippen molar-refractivity contribution < 1.29 is 5.11 Å². The Bertz CT molecular complexity index is 389. The number of thioether (sulfide) groups is 1. The Labute approximate surface area is 107 Å². The van der Waals surface area contributed by atoms with Crippen LogP contribution in [0.3, 0.4) is 0 Å². The van der Waals surface area contributed by atoms with Crippen LogP contribution in [-0.2, 0) is 6.54 Å². The Balaban J connectivity index is 1.87. The minimum absolute atomic E-state index is 0.285. The van der Waals surface area contributed by atoms with E-state index in [1.54, 1.807) is 6.07 Å². The van der Waals surface area contributed by atoms with Crippen LogP contribution in [0.5, 0.6) is 5.75 Å². The monoisotopic (exact) mass is 252 g/mol. The first-order chi connectivity index (χ1) is 8.09. The van der Waals surface area contributed by atoms with E-state index in [-0.39, 0.29) is 5.75 Å². The molecular formula is C13H20N2OS. The summed E-state index contributed by atoms with van der Waals surface area (Å²) < 4.78 is 0.361. The van der Waals surface area contributed by atoms with Gasteiger partial charge in [0, 0.05) is 23.5 Å². The molecule has 1 aromatic heterocycles. The van der Waals surface area contributed by atoms with Crippen molar-refractivity contribution in [1.29, 1.82) is 0 Å². The third-order valence-corrected chi connectivity index (χ3v) is 4.72. The van der Waals surface area contributed by atoms with Crippen molar-refractivity contribution in [2.75, 3.05) is 12.3 Å². The molecule has 3 nitrogen and oxygen atoms in total. The number of aromatic hydroxyl groups is 1. The van der Waals surface area contributed by atoms with Gasteiger partial charge in [0.05, 0.1) is 5.69 Å². The van der Waals surface area contributed by atoms with E-state index in [1.165, 1.54) is 18.6 Å². The van der Waals surface area contributed by atoms with E-state index in [2.05, 4.69) is 17.2 Å². The maximum Gasteiger partial charge on any atom is 0.138 e. The topological polar surface area (TPSA) is 45.1 Å². The summed E-state index contributed by atoms with van der Waals surface area (Å²) in [5.41, 5.74) is 1.69. The molecule has 2 rings (SSSR count). The van der Waals surface area contributed by atoms with Gasteiger partial charge >= 0.3 is 0 Å². The summed E-state index contributed by atoms with van der Waals surface area (Å²) in [6, 6.07) is 3.54. The van der Waals surface area contributed by atoms with Gasteiger partial charge < -0.3 is 10.4 Å². The second-order valence-corrected chi connectivity index (χ2v) is 6.61. The van der Waals surface area contributed by atoms with Crippen LogP contribution in [-0.4, -0.2) is 27.1 Å². The van der Waals surface area contributed by atoms with Crippen molar-refractivity contribution in [1.82, 2.24) is 10.3 Å². The minimum Gasteiger partial charge on any atom is -0.506 e. The second kappa shape index (κ2) is 5.27. The highest BCUT2D eigenvalue weighted by atomic mass is 32.2. The van der Waals surface area contributed by atoms with Crippen LogP contribution >= 0.6 is 11.8 Å². The van der Waals surface area contributed by atoms with Crippen molar-refractivity contribution in [2.24, 2.45) is 0 Å². The molecule has 2 heterocycles. The number of aryl methyl sites for hydroxylation is 1. The molecule has 1 aliphatic heterocycles. The summed E-state index contributed by atoms with van der Waals surface area (Å²) in [6.45, 7) is 5.87. The number of aromatic nitrogens is 1. The molecule has 0 aliphatic carbocycles. The van der Waals surface area contributed by atoms with Crippen LogP contribution in [0.15, 0.2) is 12.1 Å². The van der Waals surface area contributed by atoms with E-state index in [9.17, 15) is 5.11 Å². The molecule has 0 saturated carbocycles. The number of nitrogens with zero attached hydrogens (tertiary/aromatic N) is 1. The molecule has 0 aromatic carbocycles. The van der Waals surface area contributed by atoms with Crippen molar-refractivity contribution in [3.05, 3.63) is 23.5 Å². The fourth-order valence-corrected chi connectivity index (χ4v) is 3.43. The van der Waals surface area contributed by atoms with Gasteiger partial charge in [-0.05, 0) is 44.6 Å². The highest BCUT2D eigenvalue weighted by Gasteiger charge is 2.28. The highest BCUT2D eigenvalue weighted by Crippen LogP contribution is 2.37. The molecular weight excluding hydrogens is 232 g/mol. The van der Waals surface area contributed by atoms with E-state index in [4.69, 9.17) is 0 Å². The van der Waals surface area contributed by atoms with Crippen molar-refractivity contribution in [2.45, 2.75) is 38.0 Å². The average molecular weight is 252 g/mol. The van der Waals surface area contributed by atoms with Gasteiger partial charge in [-0.15, -0.1) is 0 Å². The fourth-order valence-electron chi connectivity index (χ4n) is 2.15. The molecule has 1 saturated heterocycles. The maximum atomic E-state index is 9.68. The Kier molecular flexibility index (Phi) is 3.94. The molecule has 17 heavy (non-hydrogen) atoms. The zero-order valence-electron chi connectivity index (χ0n) is 10.5. The number of pyridine rings is 1. The number of nitrogens with one attached hydrogen (secondary N) is 1. The first-order valence-electron chi connectivity index (χ1n) is 6.09. The van der Waals surface area contributed by atoms with Gasteiger partial charge in [0.25, 0.3) is 0 Å². The molecule has 0 radical (unpaired) electrons. The second-order valence-electron chi connectivity index (χ2n) is 4.92. The molecule has 0 bridgehead atoms. The van der Waals surface area contributed by atoms with Crippen LogP contribution < -0.4 is 5.32 Å². The van der Waals surface area contributed by atoms with Gasteiger partial charge in [-0.25, -0.2) is 0 Å². The molecule has 0 spiro atoms. The molecule has 94 valence electrons. The fraction of sp³-hybridized carbons (Fsp3) is 0.615. The Hall–Kier alpha value is -0.740. The minimum atomic E-state index is 0.285. The third-order valence-electron chi connectivity index (χ3n) is 3.18. The standard InChI is InChI=1S/C13H20N2OS/c1-10-4-5-12(16)11(15-10)8-14-9-13(2)6-3-7-17-13/h4-5,14,16H,3,6-9H2,1-2H3. The lowest BCUT2D eigenvalue weighted by Gasteiger charge is -2.22. The van der Waals surface area contributed by atoms with Crippen molar-refractivity contribution in [3.63, 3.8) is 0 Å². The first-order valence-corrected chi connectivity index (χ1v) is 7.08. The van der Waals surface area contributed by atoms with E-state index in [1.807, 2.05) is 24.8 Å². The summed E-state index contributed by atoms with van der Waals surface area (Å²) in [5, 5.41) is 13.1. The van der Waals surface area contributed by atoms with Gasteiger partial charge in [0.15, 0.2) is 0 Å². The van der Waals surface area contributed by atoms with E-state index >= 15 is 0 Å². The third kappa shape index (κ3) is 3.36. The van der Waals surface area contributed by atoms with Gasteiger partial charge in [0.1, 0.15) is 5.75 Å². The molecule has 4 heteroatoms. The SMILES string of the molecule is Cc1ccc(O)c(CNCC2(C)CCCS2)n1. The van der Waals surface area contributed by atoms with Gasteiger partial charge in [-0.1, -0.05) is 0 Å². The first kappa shape index (κ1) is 12.7. The van der Waals surface area contributed by atoms with Gasteiger partial charge in [0.2, 0.25) is 0 Å². The lowest BCUT2D eigenvalue weighted by molar-refractivity contribution is 0.455. The maximum absolute atomic E-state index is 9.68. The zero-order valence-corrected chi connectivity index (χ0v) is 11.3.